The molecule has 0 aliphatic heterocycles. The summed E-state index contributed by atoms with van der Waals surface area (Å²) in [6, 6.07) is 1.48. The Hall–Kier alpha value is -1.20. The maximum absolute atomic E-state index is 5.83. The topological polar surface area (TPSA) is 70.3 Å². The van der Waals surface area contributed by atoms with E-state index in [4.69, 9.17) is 15.2 Å². The van der Waals surface area contributed by atoms with Crippen molar-refractivity contribution in [1.29, 1.82) is 0 Å². The summed E-state index contributed by atoms with van der Waals surface area (Å²) >= 11 is 0. The van der Waals surface area contributed by atoms with Gasteiger partial charge in [-0.3, -0.25) is 0 Å². The molecule has 0 aliphatic carbocycles. The fraction of sp³-hybridized carbons (Fsp3) is 0.556. The second kappa shape index (κ2) is 5.51. The maximum Gasteiger partial charge on any atom is 0.216 e. The first-order valence-electron chi connectivity index (χ1n) is 4.47. The summed E-state index contributed by atoms with van der Waals surface area (Å²) in [5.74, 6) is 0.516. The summed E-state index contributed by atoms with van der Waals surface area (Å²) in [4.78, 5) is 7.93. The van der Waals surface area contributed by atoms with Gasteiger partial charge in [-0.2, -0.15) is 0 Å². The molecule has 1 unspecified atom stereocenters. The number of nitrogens with zero attached hydrogens (tertiary/aromatic N) is 2. The van der Waals surface area contributed by atoms with Crippen LogP contribution in [-0.4, -0.2) is 30.3 Å². The lowest BCUT2D eigenvalue weighted by atomic mass is 10.2. The van der Waals surface area contributed by atoms with Crippen molar-refractivity contribution in [2.45, 2.75) is 13.0 Å². The van der Waals surface area contributed by atoms with Crippen LogP contribution in [0.4, 0.5) is 0 Å². The summed E-state index contributed by atoms with van der Waals surface area (Å²) in [5.41, 5.74) is 6.56. The Labute approximate surface area is 83.3 Å². The van der Waals surface area contributed by atoms with E-state index in [1.807, 2.05) is 6.92 Å². The average molecular weight is 197 g/mol. The van der Waals surface area contributed by atoms with Gasteiger partial charge in [-0.15, -0.1) is 0 Å². The summed E-state index contributed by atoms with van der Waals surface area (Å²) in [6.45, 7) is 3.03. The van der Waals surface area contributed by atoms with E-state index in [-0.39, 0.29) is 6.04 Å². The van der Waals surface area contributed by atoms with Gasteiger partial charge in [-0.05, 0) is 6.92 Å². The lowest BCUT2D eigenvalue weighted by Crippen LogP contribution is -2.18. The van der Waals surface area contributed by atoms with E-state index < -0.39 is 0 Å². The van der Waals surface area contributed by atoms with Crippen molar-refractivity contribution in [3.8, 4) is 5.88 Å². The molecule has 0 radical (unpaired) electrons. The van der Waals surface area contributed by atoms with Gasteiger partial charge in [0.25, 0.3) is 0 Å². The van der Waals surface area contributed by atoms with Crippen LogP contribution in [0.2, 0.25) is 0 Å². The Kier molecular flexibility index (Phi) is 4.28. The molecule has 0 saturated heterocycles. The summed E-state index contributed by atoms with van der Waals surface area (Å²) in [6.07, 6.45) is 1.43. The molecule has 2 N–H and O–H groups in total. The number of hydrogen-bond acceptors (Lipinski definition) is 5. The van der Waals surface area contributed by atoms with Crippen LogP contribution in [0.25, 0.3) is 0 Å². The maximum atomic E-state index is 5.83. The van der Waals surface area contributed by atoms with Gasteiger partial charge in [0, 0.05) is 12.7 Å². The molecular weight excluding hydrogens is 182 g/mol. The highest BCUT2D eigenvalue weighted by atomic mass is 16.5. The second-order valence-corrected chi connectivity index (χ2v) is 2.75. The van der Waals surface area contributed by atoms with Crippen molar-refractivity contribution in [3.05, 3.63) is 18.1 Å². The minimum absolute atomic E-state index is 0.230. The van der Waals surface area contributed by atoms with Crippen LogP contribution < -0.4 is 10.5 Å². The van der Waals surface area contributed by atoms with Gasteiger partial charge in [0.2, 0.25) is 5.88 Å². The van der Waals surface area contributed by atoms with Crippen LogP contribution in [0, 0.1) is 0 Å². The van der Waals surface area contributed by atoms with Crippen molar-refractivity contribution in [3.63, 3.8) is 0 Å². The van der Waals surface area contributed by atoms with Gasteiger partial charge in [0.05, 0.1) is 25.5 Å². The van der Waals surface area contributed by atoms with E-state index in [1.165, 1.54) is 6.33 Å². The number of nitrogens with two attached hydrogens (primary N) is 1. The molecule has 5 nitrogen and oxygen atoms in total. The molecule has 1 aromatic rings. The van der Waals surface area contributed by atoms with E-state index in [2.05, 4.69) is 9.97 Å². The monoisotopic (exact) mass is 197 g/mol. The third-order valence-electron chi connectivity index (χ3n) is 1.75. The Morgan fingerprint density at radius 1 is 1.50 bits per heavy atom. The Balaban J connectivity index is 2.64. The molecule has 0 bridgehead atoms. The molecule has 5 heteroatoms. The van der Waals surface area contributed by atoms with Crippen LogP contribution in [0.5, 0.6) is 5.88 Å². The summed E-state index contributed by atoms with van der Waals surface area (Å²) < 4.78 is 10.2. The minimum Gasteiger partial charge on any atom is -0.481 e. The van der Waals surface area contributed by atoms with Crippen LogP contribution in [0.15, 0.2) is 12.4 Å². The van der Waals surface area contributed by atoms with Gasteiger partial charge < -0.3 is 15.2 Å². The Morgan fingerprint density at radius 2 is 2.29 bits per heavy atom. The fourth-order valence-electron chi connectivity index (χ4n) is 0.998. The van der Waals surface area contributed by atoms with E-state index in [0.717, 1.165) is 5.69 Å². The molecule has 0 amide bonds. The normalized spacial score (nSPS) is 12.5. The molecule has 1 rings (SSSR count). The molecule has 1 atom stereocenters. The van der Waals surface area contributed by atoms with Crippen LogP contribution in [0.1, 0.15) is 18.7 Å². The van der Waals surface area contributed by atoms with E-state index >= 15 is 0 Å². The summed E-state index contributed by atoms with van der Waals surface area (Å²) in [7, 11) is 1.56. The van der Waals surface area contributed by atoms with Crippen molar-refractivity contribution < 1.29 is 9.47 Å². The summed E-state index contributed by atoms with van der Waals surface area (Å²) in [5, 5.41) is 0. The highest BCUT2D eigenvalue weighted by Gasteiger charge is 2.08. The SMILES string of the molecule is CCOCC(N)c1cc(OC)ncn1. The van der Waals surface area contributed by atoms with Crippen LogP contribution >= 0.6 is 0 Å². The minimum atomic E-state index is -0.230. The third kappa shape index (κ3) is 2.93. The van der Waals surface area contributed by atoms with Crippen LogP contribution in [-0.2, 0) is 4.74 Å². The molecule has 78 valence electrons. The largest absolute Gasteiger partial charge is 0.481 e. The average Bonchev–Trinajstić information content (AvgIpc) is 2.26. The lowest BCUT2D eigenvalue weighted by Gasteiger charge is -2.10. The fourth-order valence-corrected chi connectivity index (χ4v) is 0.998. The quantitative estimate of drug-likeness (QED) is 0.745. The number of hydrogen-bond donors (Lipinski definition) is 1. The zero-order valence-corrected chi connectivity index (χ0v) is 8.43. The molecule has 1 aromatic heterocycles. The third-order valence-corrected chi connectivity index (χ3v) is 1.75. The Bertz CT molecular complexity index is 281. The Morgan fingerprint density at radius 3 is 2.93 bits per heavy atom. The predicted molar refractivity (Wildman–Crippen MR) is 52.0 cm³/mol. The first-order chi connectivity index (χ1) is 6.77. The zero-order valence-electron chi connectivity index (χ0n) is 8.43. The van der Waals surface area contributed by atoms with E-state index in [1.54, 1.807) is 13.2 Å². The second-order valence-electron chi connectivity index (χ2n) is 2.75. The highest BCUT2D eigenvalue weighted by Crippen LogP contribution is 2.12. The van der Waals surface area contributed by atoms with E-state index in [9.17, 15) is 0 Å². The van der Waals surface area contributed by atoms with Gasteiger partial charge in [0.1, 0.15) is 6.33 Å². The predicted octanol–water partition coefficient (Wildman–Crippen LogP) is 0.521. The van der Waals surface area contributed by atoms with Crippen molar-refractivity contribution in [2.75, 3.05) is 20.3 Å². The van der Waals surface area contributed by atoms with Gasteiger partial charge in [-0.25, -0.2) is 9.97 Å². The number of rotatable bonds is 5. The van der Waals surface area contributed by atoms with Crippen molar-refractivity contribution >= 4 is 0 Å². The standard InChI is InChI=1S/C9H15N3O2/c1-3-14-5-7(10)8-4-9(13-2)12-6-11-8/h4,6-7H,3,5,10H2,1-2H3. The van der Waals surface area contributed by atoms with Gasteiger partial charge >= 0.3 is 0 Å². The molecule has 0 aromatic carbocycles. The zero-order chi connectivity index (χ0) is 10.4. The number of methoxy groups -OCH3 is 1. The lowest BCUT2D eigenvalue weighted by molar-refractivity contribution is 0.132. The van der Waals surface area contributed by atoms with Gasteiger partial charge in [-0.1, -0.05) is 0 Å². The first-order valence-corrected chi connectivity index (χ1v) is 4.47. The van der Waals surface area contributed by atoms with Crippen LogP contribution in [0.3, 0.4) is 0 Å². The first kappa shape index (κ1) is 10.9. The van der Waals surface area contributed by atoms with Gasteiger partial charge in [0.15, 0.2) is 0 Å². The number of ether oxygens (including phenoxy) is 2. The molecule has 0 aliphatic rings. The molecule has 0 saturated carbocycles. The molecule has 14 heavy (non-hydrogen) atoms. The molecular formula is C9H15N3O2. The van der Waals surface area contributed by atoms with E-state index in [0.29, 0.717) is 19.1 Å². The highest BCUT2D eigenvalue weighted by molar-refractivity contribution is 5.16. The molecule has 0 spiro atoms. The smallest absolute Gasteiger partial charge is 0.216 e. The molecule has 0 fully saturated rings. The van der Waals surface area contributed by atoms with Crippen molar-refractivity contribution in [1.82, 2.24) is 9.97 Å². The number of aromatic nitrogens is 2. The van der Waals surface area contributed by atoms with Crippen molar-refractivity contribution in [2.24, 2.45) is 5.73 Å². The molecule has 1 heterocycles.